The zero-order valence-electron chi connectivity index (χ0n) is 13.0. The molecule has 124 valence electrons. The molecule has 25 heavy (non-hydrogen) atoms. The molecule has 0 saturated heterocycles. The van der Waals surface area contributed by atoms with Crippen molar-refractivity contribution in [3.05, 3.63) is 78.6 Å². The second kappa shape index (κ2) is 6.27. The van der Waals surface area contributed by atoms with Crippen LogP contribution in [0.3, 0.4) is 0 Å². The lowest BCUT2D eigenvalue weighted by molar-refractivity contribution is 0.616. The molecular weight excluding hydrogens is 324 g/mol. The largest absolute Gasteiger partial charge is 0.365 e. The van der Waals surface area contributed by atoms with E-state index in [4.69, 9.17) is 0 Å². The van der Waals surface area contributed by atoms with Crippen molar-refractivity contribution in [3.63, 3.8) is 0 Å². The van der Waals surface area contributed by atoms with Gasteiger partial charge in [0.05, 0.1) is 17.5 Å². The van der Waals surface area contributed by atoms with Crippen LogP contribution in [-0.2, 0) is 6.54 Å². The first-order chi connectivity index (χ1) is 12.2. The molecule has 2 aromatic carbocycles. The summed E-state index contributed by atoms with van der Waals surface area (Å²) in [6, 6.07) is 9.27. The van der Waals surface area contributed by atoms with E-state index in [2.05, 4.69) is 20.3 Å². The predicted octanol–water partition coefficient (Wildman–Crippen LogP) is 3.71. The van der Waals surface area contributed by atoms with E-state index in [1.165, 1.54) is 30.9 Å². The molecule has 0 radical (unpaired) electrons. The third kappa shape index (κ3) is 3.03. The molecule has 0 amide bonds. The molecule has 0 saturated carbocycles. The van der Waals surface area contributed by atoms with Gasteiger partial charge in [-0.15, -0.1) is 0 Å². The molecule has 0 fully saturated rings. The van der Waals surface area contributed by atoms with Gasteiger partial charge in [-0.05, 0) is 35.9 Å². The molecule has 5 nitrogen and oxygen atoms in total. The Bertz CT molecular complexity index is 1030. The van der Waals surface area contributed by atoms with Gasteiger partial charge in [-0.25, -0.2) is 23.7 Å². The van der Waals surface area contributed by atoms with E-state index in [-0.39, 0.29) is 11.6 Å². The number of aromatic nitrogens is 4. The van der Waals surface area contributed by atoms with Crippen molar-refractivity contribution < 1.29 is 8.78 Å². The first-order valence-corrected chi connectivity index (χ1v) is 7.61. The number of anilines is 1. The number of halogens is 2. The van der Waals surface area contributed by atoms with Gasteiger partial charge < -0.3 is 9.88 Å². The molecule has 1 N–H and O–H groups in total. The van der Waals surface area contributed by atoms with E-state index in [1.54, 1.807) is 29.1 Å². The number of hydrogen-bond acceptors (Lipinski definition) is 4. The number of imidazole rings is 1. The van der Waals surface area contributed by atoms with E-state index in [0.717, 1.165) is 5.56 Å². The van der Waals surface area contributed by atoms with Crippen LogP contribution in [0.25, 0.3) is 16.6 Å². The average Bonchev–Trinajstić information content (AvgIpc) is 3.14. The van der Waals surface area contributed by atoms with Gasteiger partial charge in [-0.3, -0.25) is 0 Å². The van der Waals surface area contributed by atoms with Crippen LogP contribution in [0.5, 0.6) is 0 Å². The molecule has 7 heteroatoms. The van der Waals surface area contributed by atoms with Gasteiger partial charge in [0, 0.05) is 24.3 Å². The number of hydrogen-bond donors (Lipinski definition) is 1. The molecule has 4 rings (SSSR count). The maximum Gasteiger partial charge on any atom is 0.147 e. The second-order valence-electron chi connectivity index (χ2n) is 5.49. The van der Waals surface area contributed by atoms with Crippen LogP contribution in [0.4, 0.5) is 14.6 Å². The van der Waals surface area contributed by atoms with E-state index in [9.17, 15) is 8.78 Å². The third-order valence-corrected chi connectivity index (χ3v) is 3.85. The molecule has 0 aliphatic rings. The average molecular weight is 337 g/mol. The number of benzene rings is 2. The van der Waals surface area contributed by atoms with Crippen molar-refractivity contribution in [2.24, 2.45) is 0 Å². The molecule has 2 aromatic heterocycles. The summed E-state index contributed by atoms with van der Waals surface area (Å²) in [6.45, 7) is 0.351. The molecule has 2 heterocycles. The Morgan fingerprint density at radius 2 is 1.96 bits per heavy atom. The van der Waals surface area contributed by atoms with Crippen LogP contribution in [0.1, 0.15) is 5.56 Å². The summed E-state index contributed by atoms with van der Waals surface area (Å²) in [5, 5.41) is 3.69. The summed E-state index contributed by atoms with van der Waals surface area (Å²) in [6.07, 6.45) is 6.22. The molecule has 0 unspecified atom stereocenters. The standard InChI is InChI=1S/C18H13F2N5/c19-13-2-3-16-14(8-13)18(24-10-23-16)22-9-12-1-4-17(15(20)7-12)25-6-5-21-11-25/h1-8,10-11H,9H2,(H,22,23,24). The Morgan fingerprint density at radius 3 is 2.76 bits per heavy atom. The van der Waals surface area contributed by atoms with Crippen LogP contribution < -0.4 is 5.32 Å². The lowest BCUT2D eigenvalue weighted by atomic mass is 10.2. The Labute approximate surface area is 142 Å². The van der Waals surface area contributed by atoms with Crippen molar-refractivity contribution in [3.8, 4) is 5.69 Å². The van der Waals surface area contributed by atoms with Gasteiger partial charge >= 0.3 is 0 Å². The molecule has 0 atom stereocenters. The minimum atomic E-state index is -0.360. The maximum atomic E-state index is 14.3. The number of rotatable bonds is 4. The van der Waals surface area contributed by atoms with Crippen molar-refractivity contribution in [2.45, 2.75) is 6.54 Å². The molecule has 4 aromatic rings. The summed E-state index contributed by atoms with van der Waals surface area (Å²) in [5.74, 6) is -0.208. The highest BCUT2D eigenvalue weighted by Gasteiger charge is 2.08. The van der Waals surface area contributed by atoms with Crippen LogP contribution in [-0.4, -0.2) is 19.5 Å². The maximum absolute atomic E-state index is 14.3. The van der Waals surface area contributed by atoms with Gasteiger partial charge in [0.1, 0.15) is 23.8 Å². The number of nitrogens with zero attached hydrogens (tertiary/aromatic N) is 4. The fraction of sp³-hybridized carbons (Fsp3) is 0.0556. The Balaban J connectivity index is 1.58. The summed E-state index contributed by atoms with van der Waals surface area (Å²) in [5.41, 5.74) is 1.81. The van der Waals surface area contributed by atoms with Gasteiger partial charge in [0.15, 0.2) is 0 Å². The quantitative estimate of drug-likeness (QED) is 0.617. The van der Waals surface area contributed by atoms with E-state index < -0.39 is 0 Å². The zero-order chi connectivity index (χ0) is 17.2. The highest BCUT2D eigenvalue weighted by molar-refractivity contribution is 5.88. The highest BCUT2D eigenvalue weighted by atomic mass is 19.1. The summed E-state index contributed by atoms with van der Waals surface area (Å²) in [7, 11) is 0. The van der Waals surface area contributed by atoms with Crippen molar-refractivity contribution in [2.75, 3.05) is 5.32 Å². The topological polar surface area (TPSA) is 55.6 Å². The minimum absolute atomic E-state index is 0.351. The van der Waals surface area contributed by atoms with Gasteiger partial charge in [0.2, 0.25) is 0 Å². The van der Waals surface area contributed by atoms with Crippen molar-refractivity contribution in [1.82, 2.24) is 19.5 Å². The fourth-order valence-corrected chi connectivity index (χ4v) is 2.63. The molecule has 0 spiro atoms. The lowest BCUT2D eigenvalue weighted by Gasteiger charge is -2.10. The summed E-state index contributed by atoms with van der Waals surface area (Å²) >= 11 is 0. The molecular formula is C18H13F2N5. The Morgan fingerprint density at radius 1 is 1.04 bits per heavy atom. The number of fused-ring (bicyclic) bond motifs is 1. The minimum Gasteiger partial charge on any atom is -0.365 e. The van der Waals surface area contributed by atoms with Gasteiger partial charge in [0.25, 0.3) is 0 Å². The van der Waals surface area contributed by atoms with E-state index >= 15 is 0 Å². The molecule has 0 bridgehead atoms. The van der Waals surface area contributed by atoms with Crippen molar-refractivity contribution >= 4 is 16.7 Å². The summed E-state index contributed by atoms with van der Waals surface area (Å²) < 4.78 is 29.4. The first-order valence-electron chi connectivity index (χ1n) is 7.61. The van der Waals surface area contributed by atoms with Crippen LogP contribution >= 0.6 is 0 Å². The van der Waals surface area contributed by atoms with Gasteiger partial charge in [-0.2, -0.15) is 0 Å². The van der Waals surface area contributed by atoms with Crippen molar-refractivity contribution in [1.29, 1.82) is 0 Å². The Hall–Kier alpha value is -3.35. The lowest BCUT2D eigenvalue weighted by Crippen LogP contribution is -2.04. The predicted molar refractivity (Wildman–Crippen MR) is 90.3 cm³/mol. The molecule has 0 aliphatic heterocycles. The SMILES string of the molecule is Fc1ccc2ncnc(NCc3ccc(-n4ccnc4)c(F)c3)c2c1. The second-order valence-corrected chi connectivity index (χ2v) is 5.49. The zero-order valence-corrected chi connectivity index (χ0v) is 13.0. The van der Waals surface area contributed by atoms with Crippen LogP contribution in [0.15, 0.2) is 61.4 Å². The highest BCUT2D eigenvalue weighted by Crippen LogP contribution is 2.21. The third-order valence-electron chi connectivity index (χ3n) is 3.85. The smallest absolute Gasteiger partial charge is 0.147 e. The fourth-order valence-electron chi connectivity index (χ4n) is 2.63. The molecule has 0 aliphatic carbocycles. The van der Waals surface area contributed by atoms with E-state index in [1.807, 2.05) is 6.07 Å². The number of nitrogens with one attached hydrogen (secondary N) is 1. The monoisotopic (exact) mass is 337 g/mol. The van der Waals surface area contributed by atoms with Gasteiger partial charge in [-0.1, -0.05) is 6.07 Å². The normalized spacial score (nSPS) is 11.0. The summed E-state index contributed by atoms with van der Waals surface area (Å²) in [4.78, 5) is 12.2. The Kier molecular flexibility index (Phi) is 3.81. The van der Waals surface area contributed by atoms with Crippen LogP contribution in [0.2, 0.25) is 0 Å². The first kappa shape index (κ1) is 15.2. The van der Waals surface area contributed by atoms with E-state index in [0.29, 0.717) is 29.0 Å². The van der Waals surface area contributed by atoms with Crippen LogP contribution in [0, 0.1) is 11.6 Å².